The highest BCUT2D eigenvalue weighted by atomic mass is 32.2. The summed E-state index contributed by atoms with van der Waals surface area (Å²) in [4.78, 5) is 41.9. The first-order valence-electron chi connectivity index (χ1n) is 11.2. The van der Waals surface area contributed by atoms with E-state index in [0.29, 0.717) is 11.3 Å². The molecule has 1 N–H and O–H groups in total. The monoisotopic (exact) mass is 511 g/mol. The fourth-order valence-corrected chi connectivity index (χ4v) is 5.39. The molecule has 1 fully saturated rings. The largest absolute Gasteiger partial charge is 0.496 e. The number of sulfone groups is 1. The molecule has 10 nitrogen and oxygen atoms in total. The van der Waals surface area contributed by atoms with Crippen molar-refractivity contribution >= 4 is 27.6 Å². The minimum atomic E-state index is -4.28. The Labute approximate surface area is 208 Å². The number of methoxy groups -OCH3 is 1. The number of hydrogen-bond acceptors (Lipinski definition) is 7. The first kappa shape index (κ1) is 25.0. The van der Waals surface area contributed by atoms with Gasteiger partial charge in [-0.15, -0.1) is 0 Å². The van der Waals surface area contributed by atoms with E-state index in [0.717, 1.165) is 0 Å². The summed E-state index contributed by atoms with van der Waals surface area (Å²) in [5.41, 5.74) is 0.398. The van der Waals surface area contributed by atoms with Crippen LogP contribution in [0, 0.1) is 0 Å². The first-order valence-corrected chi connectivity index (χ1v) is 12.7. The third-order valence-electron chi connectivity index (χ3n) is 5.83. The van der Waals surface area contributed by atoms with Crippen LogP contribution in [-0.4, -0.2) is 74.6 Å². The van der Waals surface area contributed by atoms with Crippen LogP contribution in [0.4, 0.5) is 0 Å². The molecule has 0 bridgehead atoms. The lowest BCUT2D eigenvalue weighted by Crippen LogP contribution is -2.57. The molecule has 3 aromatic rings. The number of rotatable bonds is 7. The van der Waals surface area contributed by atoms with E-state index in [-0.39, 0.29) is 42.7 Å². The van der Waals surface area contributed by atoms with Crippen LogP contribution >= 0.6 is 0 Å². The van der Waals surface area contributed by atoms with E-state index >= 15 is 0 Å². The fraction of sp³-hybridized carbons (Fsp3) is 0.240. The molecule has 3 amide bonds. The molecule has 2 heterocycles. The Morgan fingerprint density at radius 1 is 0.889 bits per heavy atom. The second-order valence-electron chi connectivity index (χ2n) is 8.01. The Hall–Kier alpha value is -4.12. The summed E-state index contributed by atoms with van der Waals surface area (Å²) in [5, 5.41) is 0.455. The lowest BCUT2D eigenvalue weighted by molar-refractivity contribution is -0.132. The van der Waals surface area contributed by atoms with E-state index < -0.39 is 27.0 Å². The molecule has 0 spiro atoms. The van der Waals surface area contributed by atoms with Crippen molar-refractivity contribution in [1.82, 2.24) is 15.1 Å². The van der Waals surface area contributed by atoms with Crippen molar-refractivity contribution < 1.29 is 32.0 Å². The van der Waals surface area contributed by atoms with Gasteiger partial charge in [-0.3, -0.25) is 14.4 Å². The van der Waals surface area contributed by atoms with Crippen LogP contribution in [0.3, 0.4) is 0 Å². The van der Waals surface area contributed by atoms with Gasteiger partial charge in [-0.25, -0.2) is 8.42 Å². The average molecular weight is 512 g/mol. The number of amides is 3. The molecular formula is C25H25N3O7S. The lowest BCUT2D eigenvalue weighted by atomic mass is 10.1. The molecule has 11 heteroatoms. The fourth-order valence-electron chi connectivity index (χ4n) is 3.90. The SMILES string of the molecule is COc1ccccc1C(=O)N1CCN(C(=O)C(NC(=O)c2ccco2)S(=O)(=O)c2ccccc2)CC1. The Morgan fingerprint density at radius 2 is 1.53 bits per heavy atom. The third-order valence-corrected chi connectivity index (χ3v) is 7.70. The number of nitrogens with one attached hydrogen (secondary N) is 1. The summed E-state index contributed by atoms with van der Waals surface area (Å²) in [6, 6.07) is 17.1. The second-order valence-corrected chi connectivity index (χ2v) is 10.0. The number of para-hydroxylation sites is 1. The van der Waals surface area contributed by atoms with Crippen molar-refractivity contribution in [2.45, 2.75) is 10.3 Å². The van der Waals surface area contributed by atoms with Crippen LogP contribution in [0.5, 0.6) is 5.75 Å². The van der Waals surface area contributed by atoms with Crippen LogP contribution in [0.1, 0.15) is 20.9 Å². The molecule has 1 aromatic heterocycles. The highest BCUT2D eigenvalue weighted by Crippen LogP contribution is 2.21. The van der Waals surface area contributed by atoms with Gasteiger partial charge in [0, 0.05) is 26.2 Å². The number of hydrogen-bond donors (Lipinski definition) is 1. The summed E-state index contributed by atoms with van der Waals surface area (Å²) >= 11 is 0. The van der Waals surface area contributed by atoms with Gasteiger partial charge in [-0.05, 0) is 36.4 Å². The highest BCUT2D eigenvalue weighted by Gasteiger charge is 2.40. The summed E-state index contributed by atoms with van der Waals surface area (Å²) < 4.78 is 37.1. The molecule has 4 rings (SSSR count). The maximum Gasteiger partial charge on any atom is 0.288 e. The maximum atomic E-state index is 13.4. The molecule has 0 aliphatic carbocycles. The van der Waals surface area contributed by atoms with Crippen LogP contribution in [0.2, 0.25) is 0 Å². The van der Waals surface area contributed by atoms with Gasteiger partial charge in [0.05, 0.1) is 23.8 Å². The second kappa shape index (κ2) is 10.6. The molecule has 188 valence electrons. The molecule has 36 heavy (non-hydrogen) atoms. The highest BCUT2D eigenvalue weighted by molar-refractivity contribution is 7.92. The van der Waals surface area contributed by atoms with Crippen molar-refractivity contribution in [2.24, 2.45) is 0 Å². The van der Waals surface area contributed by atoms with Crippen LogP contribution in [0.25, 0.3) is 0 Å². The normalized spacial score (nSPS) is 14.7. The van der Waals surface area contributed by atoms with Crippen molar-refractivity contribution in [3.05, 3.63) is 84.3 Å². The molecule has 0 saturated carbocycles. The van der Waals surface area contributed by atoms with Gasteiger partial charge < -0.3 is 24.3 Å². The molecule has 0 radical (unpaired) electrons. The van der Waals surface area contributed by atoms with E-state index in [1.165, 1.54) is 54.7 Å². The van der Waals surface area contributed by atoms with Crippen molar-refractivity contribution in [1.29, 1.82) is 0 Å². The molecule has 2 aromatic carbocycles. The quantitative estimate of drug-likeness (QED) is 0.513. The van der Waals surface area contributed by atoms with Gasteiger partial charge in [0.2, 0.25) is 15.2 Å². The zero-order valence-corrected chi connectivity index (χ0v) is 20.3. The zero-order chi connectivity index (χ0) is 25.7. The van der Waals surface area contributed by atoms with Gasteiger partial charge in [-0.2, -0.15) is 0 Å². The Balaban J connectivity index is 1.53. The molecular weight excluding hydrogens is 486 g/mol. The number of nitrogens with zero attached hydrogens (tertiary/aromatic N) is 2. The summed E-state index contributed by atoms with van der Waals surface area (Å²) in [6.45, 7) is 0.564. The Morgan fingerprint density at radius 3 is 2.17 bits per heavy atom. The lowest BCUT2D eigenvalue weighted by Gasteiger charge is -2.36. The van der Waals surface area contributed by atoms with Crippen molar-refractivity contribution in [2.75, 3.05) is 33.3 Å². The maximum absolute atomic E-state index is 13.4. The Kier molecular flexibility index (Phi) is 7.39. The topological polar surface area (TPSA) is 126 Å². The summed E-state index contributed by atoms with van der Waals surface area (Å²) in [7, 11) is -2.80. The summed E-state index contributed by atoms with van der Waals surface area (Å²) in [6.07, 6.45) is 1.27. The van der Waals surface area contributed by atoms with E-state index in [2.05, 4.69) is 5.32 Å². The van der Waals surface area contributed by atoms with E-state index in [9.17, 15) is 22.8 Å². The molecule has 1 aliphatic rings. The van der Waals surface area contributed by atoms with E-state index in [1.54, 1.807) is 35.2 Å². The zero-order valence-electron chi connectivity index (χ0n) is 19.5. The smallest absolute Gasteiger partial charge is 0.288 e. The molecule has 1 aliphatic heterocycles. The van der Waals surface area contributed by atoms with Crippen LogP contribution in [0.15, 0.2) is 82.3 Å². The number of carbonyl (C=O) groups excluding carboxylic acids is 3. The minimum absolute atomic E-state index is 0.0944. The van der Waals surface area contributed by atoms with Gasteiger partial charge in [0.25, 0.3) is 17.7 Å². The van der Waals surface area contributed by atoms with E-state index in [1.807, 2.05) is 0 Å². The molecule has 1 saturated heterocycles. The van der Waals surface area contributed by atoms with Gasteiger partial charge in [-0.1, -0.05) is 30.3 Å². The average Bonchev–Trinajstić information content (AvgIpc) is 3.47. The predicted octanol–water partition coefficient (Wildman–Crippen LogP) is 1.80. The van der Waals surface area contributed by atoms with Gasteiger partial charge in [0.15, 0.2) is 5.76 Å². The van der Waals surface area contributed by atoms with Crippen LogP contribution < -0.4 is 10.1 Å². The molecule has 1 unspecified atom stereocenters. The standard InChI is InChI=1S/C25H25N3O7S/c1-34-20-11-6-5-10-19(20)24(30)27-13-15-28(16-14-27)25(31)23(26-22(29)21-12-7-17-35-21)36(32,33)18-8-3-2-4-9-18/h2-12,17,23H,13-16H2,1H3,(H,26,29). The number of piperazine rings is 1. The summed E-state index contributed by atoms with van der Waals surface area (Å²) in [5.74, 6) is -1.55. The van der Waals surface area contributed by atoms with Crippen molar-refractivity contribution in [3.63, 3.8) is 0 Å². The number of ether oxygens (including phenoxy) is 1. The predicted molar refractivity (Wildman–Crippen MR) is 129 cm³/mol. The van der Waals surface area contributed by atoms with E-state index in [4.69, 9.17) is 9.15 Å². The number of carbonyl (C=O) groups is 3. The van der Waals surface area contributed by atoms with Gasteiger partial charge in [0.1, 0.15) is 5.75 Å². The minimum Gasteiger partial charge on any atom is -0.496 e. The Bertz CT molecular complexity index is 1330. The first-order chi connectivity index (χ1) is 17.3. The van der Waals surface area contributed by atoms with Gasteiger partial charge >= 0.3 is 0 Å². The third kappa shape index (κ3) is 5.10. The molecule has 1 atom stereocenters. The van der Waals surface area contributed by atoms with Crippen LogP contribution in [-0.2, 0) is 14.6 Å². The number of furan rings is 1. The van der Waals surface area contributed by atoms with Crippen molar-refractivity contribution in [3.8, 4) is 5.75 Å². The number of benzene rings is 2.